The van der Waals surface area contributed by atoms with Crippen LogP contribution in [-0.2, 0) is 6.61 Å². The maximum absolute atomic E-state index is 5.83. The first-order valence-corrected chi connectivity index (χ1v) is 7.17. The minimum absolute atomic E-state index is 0.369. The Kier molecular flexibility index (Phi) is 4.10. The van der Waals surface area contributed by atoms with Gasteiger partial charge < -0.3 is 14.5 Å². The number of hydrogen-bond acceptors (Lipinski definition) is 3. The highest BCUT2D eigenvalue weighted by molar-refractivity contribution is 5.74. The molecule has 0 spiro atoms. The molecule has 0 unspecified atom stereocenters. The highest BCUT2D eigenvalue weighted by Crippen LogP contribution is 2.29. The van der Waals surface area contributed by atoms with Gasteiger partial charge in [0.1, 0.15) is 12.4 Å². The molecule has 0 aliphatic rings. The predicted molar refractivity (Wildman–Crippen MR) is 88.1 cm³/mol. The van der Waals surface area contributed by atoms with Gasteiger partial charge in [0.25, 0.3) is 0 Å². The number of ether oxygens (including phenoxy) is 2. The summed E-state index contributed by atoms with van der Waals surface area (Å²) < 4.78 is 11.2. The molecule has 22 heavy (non-hydrogen) atoms. The van der Waals surface area contributed by atoms with E-state index in [9.17, 15) is 0 Å². The van der Waals surface area contributed by atoms with Crippen LogP contribution in [0.15, 0.2) is 48.5 Å². The van der Waals surface area contributed by atoms with Crippen molar-refractivity contribution in [3.63, 3.8) is 0 Å². The lowest BCUT2D eigenvalue weighted by molar-refractivity contribution is 0.277. The van der Waals surface area contributed by atoms with Crippen LogP contribution in [0, 0.1) is 0 Å². The van der Waals surface area contributed by atoms with Crippen molar-refractivity contribution in [2.45, 2.75) is 13.5 Å². The molecular formula is C18H18N2O2. The Bertz CT molecular complexity index is 773. The van der Waals surface area contributed by atoms with E-state index in [4.69, 9.17) is 9.47 Å². The van der Waals surface area contributed by atoms with E-state index >= 15 is 0 Å². The van der Waals surface area contributed by atoms with Crippen LogP contribution >= 0.6 is 0 Å². The fraction of sp³-hybridized carbons (Fsp3) is 0.167. The summed E-state index contributed by atoms with van der Waals surface area (Å²) >= 11 is 0. The van der Waals surface area contributed by atoms with Gasteiger partial charge >= 0.3 is 0 Å². The van der Waals surface area contributed by atoms with Crippen molar-refractivity contribution in [3.8, 4) is 11.5 Å². The quantitative estimate of drug-likeness (QED) is 0.767. The van der Waals surface area contributed by atoms with Crippen molar-refractivity contribution in [2.24, 2.45) is 0 Å². The fourth-order valence-electron chi connectivity index (χ4n) is 2.32. The Hall–Kier alpha value is -2.75. The molecule has 3 aromatic rings. The van der Waals surface area contributed by atoms with Crippen molar-refractivity contribution in [1.29, 1.82) is 0 Å². The van der Waals surface area contributed by atoms with E-state index in [1.807, 2.05) is 61.5 Å². The van der Waals surface area contributed by atoms with E-state index in [0.717, 1.165) is 22.4 Å². The normalized spacial score (nSPS) is 11.2. The largest absolute Gasteiger partial charge is 0.493 e. The Morgan fingerprint density at radius 3 is 2.77 bits per heavy atom. The number of aromatic nitrogens is 2. The van der Waals surface area contributed by atoms with E-state index in [-0.39, 0.29) is 0 Å². The number of fused-ring (bicyclic) bond motifs is 1. The number of benzene rings is 2. The number of rotatable bonds is 5. The lowest BCUT2D eigenvalue weighted by atomic mass is 10.2. The average Bonchev–Trinajstić information content (AvgIpc) is 2.96. The van der Waals surface area contributed by atoms with Gasteiger partial charge in [0.05, 0.1) is 18.1 Å². The molecule has 0 radical (unpaired) electrons. The summed E-state index contributed by atoms with van der Waals surface area (Å²) in [7, 11) is 1.64. The zero-order valence-corrected chi connectivity index (χ0v) is 12.7. The highest BCUT2D eigenvalue weighted by atomic mass is 16.5. The van der Waals surface area contributed by atoms with Crippen molar-refractivity contribution >= 4 is 17.1 Å². The van der Waals surface area contributed by atoms with Gasteiger partial charge in [0.15, 0.2) is 11.5 Å². The number of methoxy groups -OCH3 is 1. The molecule has 2 aromatic carbocycles. The molecule has 0 bridgehead atoms. The molecule has 0 saturated heterocycles. The van der Waals surface area contributed by atoms with Crippen molar-refractivity contribution in [3.05, 3.63) is 59.9 Å². The van der Waals surface area contributed by atoms with E-state index in [1.54, 1.807) is 7.11 Å². The molecule has 0 aliphatic heterocycles. The molecule has 4 heteroatoms. The number of nitrogens with zero attached hydrogens (tertiary/aromatic N) is 1. The number of allylic oxidation sites excluding steroid dienone is 1. The van der Waals surface area contributed by atoms with E-state index in [0.29, 0.717) is 18.1 Å². The first kappa shape index (κ1) is 14.2. The molecule has 0 aliphatic carbocycles. The minimum atomic E-state index is 0.369. The second-order valence-electron chi connectivity index (χ2n) is 4.90. The molecule has 1 aromatic heterocycles. The van der Waals surface area contributed by atoms with E-state index < -0.39 is 0 Å². The highest BCUT2D eigenvalue weighted by Gasteiger charge is 2.07. The van der Waals surface area contributed by atoms with E-state index in [1.165, 1.54) is 0 Å². The van der Waals surface area contributed by atoms with Crippen LogP contribution in [0.25, 0.3) is 17.1 Å². The zero-order chi connectivity index (χ0) is 15.4. The number of H-pyrrole nitrogens is 1. The van der Waals surface area contributed by atoms with Gasteiger partial charge in [-0.1, -0.05) is 30.4 Å². The summed E-state index contributed by atoms with van der Waals surface area (Å²) in [5, 5.41) is 0. The molecule has 1 N–H and O–H groups in total. The summed E-state index contributed by atoms with van der Waals surface area (Å²) in [4.78, 5) is 7.74. The second kappa shape index (κ2) is 6.35. The summed E-state index contributed by atoms with van der Waals surface area (Å²) in [6, 6.07) is 13.8. The summed E-state index contributed by atoms with van der Waals surface area (Å²) in [6.45, 7) is 2.35. The van der Waals surface area contributed by atoms with Crippen LogP contribution in [0.2, 0.25) is 0 Å². The first-order valence-electron chi connectivity index (χ1n) is 7.17. The molecule has 3 rings (SSSR count). The third-order valence-corrected chi connectivity index (χ3v) is 3.35. The van der Waals surface area contributed by atoms with Crippen LogP contribution in [0.1, 0.15) is 18.3 Å². The topological polar surface area (TPSA) is 47.1 Å². The van der Waals surface area contributed by atoms with Gasteiger partial charge in [-0.05, 0) is 36.8 Å². The average molecular weight is 294 g/mol. The molecule has 1 heterocycles. The monoisotopic (exact) mass is 294 g/mol. The van der Waals surface area contributed by atoms with Gasteiger partial charge in [-0.3, -0.25) is 0 Å². The van der Waals surface area contributed by atoms with Crippen molar-refractivity contribution in [2.75, 3.05) is 7.11 Å². The summed E-state index contributed by atoms with van der Waals surface area (Å²) in [5.41, 5.74) is 3.03. The molecule has 112 valence electrons. The third-order valence-electron chi connectivity index (χ3n) is 3.35. The first-order chi connectivity index (χ1) is 10.8. The fourth-order valence-corrected chi connectivity index (χ4v) is 2.32. The smallest absolute Gasteiger partial charge is 0.161 e. The summed E-state index contributed by atoms with van der Waals surface area (Å²) in [5.74, 6) is 2.21. The Balaban J connectivity index is 1.78. The molecule has 0 saturated carbocycles. The van der Waals surface area contributed by atoms with Crippen LogP contribution in [0.3, 0.4) is 0 Å². The zero-order valence-electron chi connectivity index (χ0n) is 12.7. The van der Waals surface area contributed by atoms with E-state index in [2.05, 4.69) is 9.97 Å². The maximum atomic E-state index is 5.83. The predicted octanol–water partition coefficient (Wildman–Crippen LogP) is 4.18. The van der Waals surface area contributed by atoms with Gasteiger partial charge in [0.2, 0.25) is 0 Å². The standard InChI is InChI=1S/C18H18N2O2/c1-3-6-13-9-10-16(17(11-13)21-2)22-12-18-19-14-7-4-5-8-15(14)20-18/h3-11H,12H2,1-2H3,(H,19,20). The SMILES string of the molecule is CC=Cc1ccc(OCc2nc3ccccc3[nH]2)c(OC)c1. The molecular weight excluding hydrogens is 276 g/mol. The Labute approximate surface area is 129 Å². The third kappa shape index (κ3) is 2.96. The van der Waals surface area contributed by atoms with Crippen LogP contribution in [0.5, 0.6) is 11.5 Å². The van der Waals surface area contributed by atoms with Crippen LogP contribution < -0.4 is 9.47 Å². The Morgan fingerprint density at radius 2 is 2.00 bits per heavy atom. The van der Waals surface area contributed by atoms with Crippen molar-refractivity contribution in [1.82, 2.24) is 9.97 Å². The number of hydrogen-bond donors (Lipinski definition) is 1. The van der Waals surface area contributed by atoms with Gasteiger partial charge in [-0.15, -0.1) is 0 Å². The molecule has 0 fully saturated rings. The van der Waals surface area contributed by atoms with Crippen LogP contribution in [-0.4, -0.2) is 17.1 Å². The van der Waals surface area contributed by atoms with Crippen molar-refractivity contribution < 1.29 is 9.47 Å². The van der Waals surface area contributed by atoms with Gasteiger partial charge in [-0.25, -0.2) is 4.98 Å². The molecule has 4 nitrogen and oxygen atoms in total. The number of aromatic amines is 1. The Morgan fingerprint density at radius 1 is 1.14 bits per heavy atom. The lowest BCUT2D eigenvalue weighted by Gasteiger charge is -2.10. The number of nitrogens with one attached hydrogen (secondary N) is 1. The molecule has 0 amide bonds. The van der Waals surface area contributed by atoms with Gasteiger partial charge in [0, 0.05) is 0 Å². The number of imidazole rings is 1. The summed E-state index contributed by atoms with van der Waals surface area (Å²) in [6.07, 6.45) is 4.01. The lowest BCUT2D eigenvalue weighted by Crippen LogP contribution is -1.99. The molecule has 0 atom stereocenters. The minimum Gasteiger partial charge on any atom is -0.493 e. The number of para-hydroxylation sites is 2. The van der Waals surface area contributed by atoms with Crippen LogP contribution in [0.4, 0.5) is 0 Å². The van der Waals surface area contributed by atoms with Gasteiger partial charge in [-0.2, -0.15) is 0 Å². The second-order valence-corrected chi connectivity index (χ2v) is 4.90. The maximum Gasteiger partial charge on any atom is 0.161 e.